The lowest BCUT2D eigenvalue weighted by Gasteiger charge is -2.12. The van der Waals surface area contributed by atoms with Gasteiger partial charge in [0.2, 0.25) is 0 Å². The molecule has 27 heavy (non-hydrogen) atoms. The van der Waals surface area contributed by atoms with Crippen LogP contribution >= 0.6 is 0 Å². The molecule has 1 amide bonds. The molecule has 0 heterocycles. The van der Waals surface area contributed by atoms with Crippen molar-refractivity contribution in [1.82, 2.24) is 0 Å². The molecule has 0 saturated heterocycles. The standard InChI is InChI=1S/C21H17F3N2O/c1-13-8-9-18(12-19(13)14-4-3-7-17(25)11-14)26-20(27)15-5-2-6-16(10-15)21(22,23)24/h2-12H,25H2,1H3,(H,26,27). The van der Waals surface area contributed by atoms with E-state index >= 15 is 0 Å². The number of hydrogen-bond acceptors (Lipinski definition) is 2. The minimum Gasteiger partial charge on any atom is -0.399 e. The molecule has 3 rings (SSSR count). The molecule has 0 fully saturated rings. The van der Waals surface area contributed by atoms with Crippen LogP contribution in [0, 0.1) is 6.92 Å². The third-order valence-corrected chi connectivity index (χ3v) is 4.15. The molecule has 3 aromatic rings. The lowest BCUT2D eigenvalue weighted by Crippen LogP contribution is -2.14. The van der Waals surface area contributed by atoms with Gasteiger partial charge in [-0.25, -0.2) is 0 Å². The molecule has 0 atom stereocenters. The van der Waals surface area contributed by atoms with Crippen molar-refractivity contribution >= 4 is 17.3 Å². The highest BCUT2D eigenvalue weighted by molar-refractivity contribution is 6.04. The van der Waals surface area contributed by atoms with Gasteiger partial charge in [0, 0.05) is 16.9 Å². The van der Waals surface area contributed by atoms with Crippen LogP contribution in [0.3, 0.4) is 0 Å². The molecule has 0 aliphatic rings. The van der Waals surface area contributed by atoms with Gasteiger partial charge in [-0.1, -0.05) is 24.3 Å². The molecular formula is C21H17F3N2O. The van der Waals surface area contributed by atoms with Crippen molar-refractivity contribution in [2.45, 2.75) is 13.1 Å². The molecule has 3 nitrogen and oxygen atoms in total. The van der Waals surface area contributed by atoms with Gasteiger partial charge in [0.1, 0.15) is 0 Å². The van der Waals surface area contributed by atoms with Gasteiger partial charge in [-0.3, -0.25) is 4.79 Å². The summed E-state index contributed by atoms with van der Waals surface area (Å²) in [4.78, 5) is 12.4. The fourth-order valence-electron chi connectivity index (χ4n) is 2.76. The molecule has 3 aromatic carbocycles. The first kappa shape index (κ1) is 18.5. The Labute approximate surface area is 154 Å². The molecule has 0 unspecified atom stereocenters. The number of nitrogens with two attached hydrogens (primary N) is 1. The van der Waals surface area contributed by atoms with Gasteiger partial charge >= 0.3 is 6.18 Å². The average molecular weight is 370 g/mol. The Morgan fingerprint density at radius 3 is 2.41 bits per heavy atom. The van der Waals surface area contributed by atoms with Crippen LogP contribution in [0.25, 0.3) is 11.1 Å². The van der Waals surface area contributed by atoms with E-state index < -0.39 is 17.6 Å². The van der Waals surface area contributed by atoms with Gasteiger partial charge in [0.25, 0.3) is 5.91 Å². The summed E-state index contributed by atoms with van der Waals surface area (Å²) in [5, 5.41) is 2.65. The Morgan fingerprint density at radius 2 is 1.70 bits per heavy atom. The highest BCUT2D eigenvalue weighted by Crippen LogP contribution is 2.30. The molecule has 6 heteroatoms. The van der Waals surface area contributed by atoms with Crippen LogP contribution in [0.4, 0.5) is 24.5 Å². The lowest BCUT2D eigenvalue weighted by molar-refractivity contribution is -0.137. The number of anilines is 2. The van der Waals surface area contributed by atoms with Crippen LogP contribution in [0.1, 0.15) is 21.5 Å². The number of hydrogen-bond donors (Lipinski definition) is 2. The van der Waals surface area contributed by atoms with E-state index in [-0.39, 0.29) is 5.56 Å². The van der Waals surface area contributed by atoms with E-state index in [1.54, 1.807) is 18.2 Å². The number of carbonyl (C=O) groups is 1. The molecular weight excluding hydrogens is 353 g/mol. The van der Waals surface area contributed by atoms with Crippen molar-refractivity contribution < 1.29 is 18.0 Å². The predicted octanol–water partition coefficient (Wildman–Crippen LogP) is 5.52. The molecule has 0 aromatic heterocycles. The average Bonchev–Trinajstić information content (AvgIpc) is 2.62. The number of aryl methyl sites for hydroxylation is 1. The Morgan fingerprint density at radius 1 is 0.963 bits per heavy atom. The summed E-state index contributed by atoms with van der Waals surface area (Å²) in [6.07, 6.45) is -4.50. The van der Waals surface area contributed by atoms with Crippen LogP contribution < -0.4 is 11.1 Å². The number of halogens is 3. The van der Waals surface area contributed by atoms with E-state index in [9.17, 15) is 18.0 Å². The van der Waals surface area contributed by atoms with Crippen molar-refractivity contribution in [3.8, 4) is 11.1 Å². The molecule has 0 radical (unpaired) electrons. The third-order valence-electron chi connectivity index (χ3n) is 4.15. The quantitative estimate of drug-likeness (QED) is 0.597. The normalized spacial score (nSPS) is 11.3. The third kappa shape index (κ3) is 4.28. The fourth-order valence-corrected chi connectivity index (χ4v) is 2.76. The minimum absolute atomic E-state index is 0.0593. The highest BCUT2D eigenvalue weighted by Gasteiger charge is 2.30. The predicted molar refractivity (Wildman–Crippen MR) is 100 cm³/mol. The smallest absolute Gasteiger partial charge is 0.399 e. The highest BCUT2D eigenvalue weighted by atomic mass is 19.4. The summed E-state index contributed by atoms with van der Waals surface area (Å²) >= 11 is 0. The number of alkyl halides is 3. The summed E-state index contributed by atoms with van der Waals surface area (Å²) in [6.45, 7) is 1.93. The SMILES string of the molecule is Cc1ccc(NC(=O)c2cccc(C(F)(F)F)c2)cc1-c1cccc(N)c1. The summed E-state index contributed by atoms with van der Waals surface area (Å²) < 4.78 is 38.5. The second-order valence-electron chi connectivity index (χ2n) is 6.19. The molecule has 0 spiro atoms. The van der Waals surface area contributed by atoms with Crippen LogP contribution in [0.15, 0.2) is 66.7 Å². The van der Waals surface area contributed by atoms with Gasteiger partial charge in [-0.05, 0) is 66.1 Å². The molecule has 0 bridgehead atoms. The van der Waals surface area contributed by atoms with Crippen LogP contribution in [-0.2, 0) is 6.18 Å². The van der Waals surface area contributed by atoms with E-state index in [1.807, 2.05) is 31.2 Å². The summed E-state index contributed by atoms with van der Waals surface area (Å²) in [5.74, 6) is -0.608. The first-order valence-corrected chi connectivity index (χ1v) is 8.19. The lowest BCUT2D eigenvalue weighted by atomic mass is 9.99. The van der Waals surface area contributed by atoms with Gasteiger partial charge in [-0.15, -0.1) is 0 Å². The van der Waals surface area contributed by atoms with Crippen LogP contribution in [0.2, 0.25) is 0 Å². The molecule has 138 valence electrons. The van der Waals surface area contributed by atoms with Gasteiger partial charge in [0.15, 0.2) is 0 Å². The van der Waals surface area contributed by atoms with Gasteiger partial charge in [0.05, 0.1) is 5.56 Å². The summed E-state index contributed by atoms with van der Waals surface area (Å²) in [5.41, 5.74) is 8.76. The van der Waals surface area contributed by atoms with Crippen LogP contribution in [-0.4, -0.2) is 5.91 Å². The Balaban J connectivity index is 1.88. The zero-order chi connectivity index (χ0) is 19.6. The number of nitrogens with one attached hydrogen (secondary N) is 1. The van der Waals surface area contributed by atoms with Crippen molar-refractivity contribution in [2.24, 2.45) is 0 Å². The Hall–Kier alpha value is -3.28. The van der Waals surface area contributed by atoms with Crippen molar-refractivity contribution in [3.05, 3.63) is 83.4 Å². The van der Waals surface area contributed by atoms with E-state index in [0.717, 1.165) is 28.8 Å². The summed E-state index contributed by atoms with van der Waals surface area (Å²) in [6, 6.07) is 17.0. The number of benzene rings is 3. The minimum atomic E-state index is -4.50. The van der Waals surface area contributed by atoms with E-state index in [4.69, 9.17) is 5.73 Å². The molecule has 0 aliphatic carbocycles. The van der Waals surface area contributed by atoms with Gasteiger partial charge < -0.3 is 11.1 Å². The van der Waals surface area contributed by atoms with Crippen molar-refractivity contribution in [1.29, 1.82) is 0 Å². The fraction of sp³-hybridized carbons (Fsp3) is 0.0952. The second-order valence-corrected chi connectivity index (χ2v) is 6.19. The zero-order valence-corrected chi connectivity index (χ0v) is 14.5. The first-order chi connectivity index (χ1) is 12.7. The largest absolute Gasteiger partial charge is 0.416 e. The number of rotatable bonds is 3. The number of nitrogen functional groups attached to an aromatic ring is 1. The van der Waals surface area contributed by atoms with Crippen molar-refractivity contribution in [3.63, 3.8) is 0 Å². The Kier molecular flexibility index (Phi) is 4.90. The van der Waals surface area contributed by atoms with Crippen molar-refractivity contribution in [2.75, 3.05) is 11.1 Å². The first-order valence-electron chi connectivity index (χ1n) is 8.19. The molecule has 3 N–H and O–H groups in total. The second kappa shape index (κ2) is 7.15. The van der Waals surface area contributed by atoms with Gasteiger partial charge in [-0.2, -0.15) is 13.2 Å². The Bertz CT molecular complexity index is 997. The van der Waals surface area contributed by atoms with Crippen LogP contribution in [0.5, 0.6) is 0 Å². The number of carbonyl (C=O) groups excluding carboxylic acids is 1. The van der Waals surface area contributed by atoms with E-state index in [1.165, 1.54) is 12.1 Å². The maximum Gasteiger partial charge on any atom is 0.416 e. The molecule has 0 aliphatic heterocycles. The van der Waals surface area contributed by atoms with E-state index in [2.05, 4.69) is 5.32 Å². The zero-order valence-electron chi connectivity index (χ0n) is 14.5. The summed E-state index contributed by atoms with van der Waals surface area (Å²) in [7, 11) is 0. The number of amides is 1. The molecule has 0 saturated carbocycles. The monoisotopic (exact) mass is 370 g/mol. The maximum atomic E-state index is 12.8. The maximum absolute atomic E-state index is 12.8. The topological polar surface area (TPSA) is 55.1 Å². The van der Waals surface area contributed by atoms with E-state index in [0.29, 0.717) is 11.4 Å².